The van der Waals surface area contributed by atoms with Crippen molar-refractivity contribution < 1.29 is 23.9 Å². The van der Waals surface area contributed by atoms with E-state index in [2.05, 4.69) is 20.9 Å². The van der Waals surface area contributed by atoms with Crippen LogP contribution in [0, 0.1) is 0 Å². The maximum absolute atomic E-state index is 12.0. The van der Waals surface area contributed by atoms with Crippen LogP contribution in [0.15, 0.2) is 42.0 Å². The zero-order chi connectivity index (χ0) is 17.5. The van der Waals surface area contributed by atoms with Gasteiger partial charge in [-0.3, -0.25) is 4.79 Å². The van der Waals surface area contributed by atoms with Crippen LogP contribution in [0.2, 0.25) is 0 Å². The van der Waals surface area contributed by atoms with Gasteiger partial charge in [-0.05, 0) is 37.5 Å². The summed E-state index contributed by atoms with van der Waals surface area (Å²) in [5.41, 5.74) is 1.74. The number of anilines is 1. The third kappa shape index (κ3) is 4.55. The molecule has 1 amide bonds. The molecule has 6 nitrogen and oxygen atoms in total. The number of methoxy groups -OCH3 is 2. The third-order valence-corrected chi connectivity index (χ3v) is 3.57. The molecule has 1 aliphatic rings. The Labute approximate surface area is 140 Å². The molecule has 1 aromatic carbocycles. The molecule has 0 saturated heterocycles. The van der Waals surface area contributed by atoms with Gasteiger partial charge in [0.25, 0.3) is 0 Å². The van der Waals surface area contributed by atoms with E-state index in [4.69, 9.17) is 0 Å². The van der Waals surface area contributed by atoms with Gasteiger partial charge in [-0.2, -0.15) is 0 Å². The van der Waals surface area contributed by atoms with Gasteiger partial charge in [-0.25, -0.2) is 9.59 Å². The Balaban J connectivity index is 2.19. The van der Waals surface area contributed by atoms with Gasteiger partial charge in [0.15, 0.2) is 0 Å². The summed E-state index contributed by atoms with van der Waals surface area (Å²) in [6.07, 6.45) is 8.40. The minimum absolute atomic E-state index is 0.151. The number of nitrogens with one attached hydrogen (secondary N) is 1. The largest absolute Gasteiger partial charge is 0.465 e. The van der Waals surface area contributed by atoms with Crippen molar-refractivity contribution in [3.63, 3.8) is 0 Å². The van der Waals surface area contributed by atoms with Crippen molar-refractivity contribution in [1.82, 2.24) is 0 Å². The van der Waals surface area contributed by atoms with E-state index in [1.54, 1.807) is 6.08 Å². The van der Waals surface area contributed by atoms with Crippen LogP contribution >= 0.6 is 0 Å². The van der Waals surface area contributed by atoms with Crippen molar-refractivity contribution >= 4 is 23.5 Å². The number of amides is 1. The van der Waals surface area contributed by atoms with Gasteiger partial charge in [0.2, 0.25) is 5.91 Å². The second-order valence-electron chi connectivity index (χ2n) is 5.28. The molecule has 0 aromatic heterocycles. The number of esters is 2. The Morgan fingerprint density at radius 2 is 1.67 bits per heavy atom. The highest BCUT2D eigenvalue weighted by Gasteiger charge is 2.14. The molecule has 0 atom stereocenters. The van der Waals surface area contributed by atoms with E-state index in [1.165, 1.54) is 38.5 Å². The summed E-state index contributed by atoms with van der Waals surface area (Å²) in [5, 5.41) is 2.64. The van der Waals surface area contributed by atoms with E-state index >= 15 is 0 Å². The summed E-state index contributed by atoms with van der Waals surface area (Å²) in [6, 6.07) is 4.24. The number of hydrogen-bond donors (Lipinski definition) is 1. The van der Waals surface area contributed by atoms with Gasteiger partial charge >= 0.3 is 11.9 Å². The van der Waals surface area contributed by atoms with Gasteiger partial charge in [0, 0.05) is 11.8 Å². The van der Waals surface area contributed by atoms with Gasteiger partial charge < -0.3 is 14.8 Å². The first-order valence-electron chi connectivity index (χ1n) is 7.53. The number of benzene rings is 1. The van der Waals surface area contributed by atoms with Crippen molar-refractivity contribution in [2.45, 2.75) is 19.3 Å². The van der Waals surface area contributed by atoms with E-state index in [0.717, 1.165) is 24.8 Å². The molecule has 1 aliphatic carbocycles. The van der Waals surface area contributed by atoms with E-state index in [-0.39, 0.29) is 17.0 Å². The Kier molecular flexibility index (Phi) is 5.89. The smallest absolute Gasteiger partial charge is 0.337 e. The van der Waals surface area contributed by atoms with Crippen molar-refractivity contribution in [3.8, 4) is 0 Å². The number of rotatable bonds is 5. The number of hydrogen-bond acceptors (Lipinski definition) is 5. The fourth-order valence-electron chi connectivity index (χ4n) is 2.38. The highest BCUT2D eigenvalue weighted by molar-refractivity contribution is 6.02. The SMILES string of the molecule is COC(=O)c1cc(NC(=O)/C=C/C2=CCCC2)cc(C(=O)OC)c1. The summed E-state index contributed by atoms with van der Waals surface area (Å²) >= 11 is 0. The lowest BCUT2D eigenvalue weighted by atomic mass is 10.1. The minimum Gasteiger partial charge on any atom is -0.465 e. The number of carbonyl (C=O) groups excluding carboxylic acids is 3. The molecule has 1 N–H and O–H groups in total. The first kappa shape index (κ1) is 17.5. The molecule has 0 aliphatic heterocycles. The lowest BCUT2D eigenvalue weighted by molar-refractivity contribution is -0.111. The molecule has 1 aromatic rings. The van der Waals surface area contributed by atoms with Crippen molar-refractivity contribution in [2.75, 3.05) is 19.5 Å². The Bertz CT molecular complexity index is 684. The Morgan fingerprint density at radius 1 is 1.04 bits per heavy atom. The Morgan fingerprint density at radius 3 is 2.17 bits per heavy atom. The first-order valence-corrected chi connectivity index (χ1v) is 7.53. The minimum atomic E-state index is -0.608. The monoisotopic (exact) mass is 329 g/mol. The van der Waals surface area contributed by atoms with Crippen molar-refractivity contribution in [2.24, 2.45) is 0 Å². The fraction of sp³-hybridized carbons (Fsp3) is 0.278. The molecule has 2 rings (SSSR count). The molecule has 24 heavy (non-hydrogen) atoms. The third-order valence-electron chi connectivity index (χ3n) is 3.57. The molecule has 0 bridgehead atoms. The first-order chi connectivity index (χ1) is 11.5. The summed E-state index contributed by atoms with van der Waals surface area (Å²) in [7, 11) is 2.48. The van der Waals surface area contributed by atoms with Crippen LogP contribution in [-0.2, 0) is 14.3 Å². The summed E-state index contributed by atoms with van der Waals surface area (Å²) < 4.78 is 9.31. The molecule has 0 saturated carbocycles. The summed E-state index contributed by atoms with van der Waals surface area (Å²) in [4.78, 5) is 35.4. The standard InChI is InChI=1S/C18H19NO5/c1-23-17(21)13-9-14(18(22)24-2)11-15(10-13)19-16(20)8-7-12-5-3-4-6-12/h5,7-11H,3-4,6H2,1-2H3,(H,19,20)/b8-7+. The number of carbonyl (C=O) groups is 3. The highest BCUT2D eigenvalue weighted by atomic mass is 16.5. The van der Waals surface area contributed by atoms with Gasteiger partial charge in [-0.15, -0.1) is 0 Å². The summed E-state index contributed by atoms with van der Waals surface area (Å²) in [5.74, 6) is -1.56. The van der Waals surface area contributed by atoms with Gasteiger partial charge in [0.1, 0.15) is 0 Å². The zero-order valence-electron chi connectivity index (χ0n) is 13.6. The normalized spacial score (nSPS) is 13.5. The predicted octanol–water partition coefficient (Wildman–Crippen LogP) is 2.86. The average Bonchev–Trinajstić information content (AvgIpc) is 3.11. The quantitative estimate of drug-likeness (QED) is 0.663. The predicted molar refractivity (Wildman–Crippen MR) is 88.8 cm³/mol. The molecule has 126 valence electrons. The average molecular weight is 329 g/mol. The molecular formula is C18H19NO5. The van der Waals surface area contributed by atoms with Crippen LogP contribution in [0.1, 0.15) is 40.0 Å². The van der Waals surface area contributed by atoms with Crippen LogP contribution in [0.5, 0.6) is 0 Å². The van der Waals surface area contributed by atoms with Crippen LogP contribution in [0.3, 0.4) is 0 Å². The van der Waals surface area contributed by atoms with E-state index in [1.807, 2.05) is 0 Å². The maximum atomic E-state index is 12.0. The van der Waals surface area contributed by atoms with Crippen molar-refractivity contribution in [1.29, 1.82) is 0 Å². The lowest BCUT2D eigenvalue weighted by Crippen LogP contribution is -2.12. The van der Waals surface area contributed by atoms with E-state index in [9.17, 15) is 14.4 Å². The topological polar surface area (TPSA) is 81.7 Å². The van der Waals surface area contributed by atoms with Gasteiger partial charge in [-0.1, -0.05) is 17.7 Å². The van der Waals surface area contributed by atoms with E-state index in [0.29, 0.717) is 5.69 Å². The maximum Gasteiger partial charge on any atom is 0.337 e. The van der Waals surface area contributed by atoms with Crippen LogP contribution in [0.25, 0.3) is 0 Å². The molecular weight excluding hydrogens is 310 g/mol. The molecule has 6 heteroatoms. The van der Waals surface area contributed by atoms with Crippen LogP contribution < -0.4 is 5.32 Å². The van der Waals surface area contributed by atoms with Crippen molar-refractivity contribution in [3.05, 3.63) is 53.1 Å². The molecule has 0 unspecified atom stereocenters. The highest BCUT2D eigenvalue weighted by Crippen LogP contribution is 2.19. The molecule has 0 heterocycles. The van der Waals surface area contributed by atoms with Gasteiger partial charge in [0.05, 0.1) is 25.3 Å². The molecule has 0 spiro atoms. The zero-order valence-corrected chi connectivity index (χ0v) is 13.6. The Hall–Kier alpha value is -2.89. The fourth-order valence-corrected chi connectivity index (χ4v) is 2.38. The second-order valence-corrected chi connectivity index (χ2v) is 5.28. The molecule has 0 fully saturated rings. The van der Waals surface area contributed by atoms with Crippen LogP contribution in [-0.4, -0.2) is 32.1 Å². The summed E-state index contributed by atoms with van der Waals surface area (Å²) in [6.45, 7) is 0. The number of allylic oxidation sites excluding steroid dienone is 3. The number of ether oxygens (including phenoxy) is 2. The lowest BCUT2D eigenvalue weighted by Gasteiger charge is -2.08. The van der Waals surface area contributed by atoms with Crippen LogP contribution in [0.4, 0.5) is 5.69 Å². The second kappa shape index (κ2) is 8.10. The van der Waals surface area contributed by atoms with E-state index < -0.39 is 11.9 Å². The molecule has 0 radical (unpaired) electrons.